The molecule has 0 aromatic rings. The molecule has 0 bridgehead atoms. The number of ketones is 1. The number of allylic oxidation sites excluding steroid dienone is 4. The van der Waals surface area contributed by atoms with Gasteiger partial charge in [0.15, 0.2) is 5.78 Å². The van der Waals surface area contributed by atoms with Crippen LogP contribution in [-0.2, 0) is 4.79 Å². The molecule has 2 fully saturated rings. The van der Waals surface area contributed by atoms with E-state index >= 15 is 0 Å². The molecule has 2 nitrogen and oxygen atoms in total. The molecule has 0 saturated heterocycles. The number of rotatable bonds is 0. The van der Waals surface area contributed by atoms with Crippen molar-refractivity contribution in [3.05, 3.63) is 22.8 Å². The van der Waals surface area contributed by atoms with E-state index < -0.39 is 5.60 Å². The number of terminal acetylenes is 1. The van der Waals surface area contributed by atoms with Gasteiger partial charge in [-0.05, 0) is 74.0 Å². The van der Waals surface area contributed by atoms with Gasteiger partial charge in [-0.25, -0.2) is 0 Å². The van der Waals surface area contributed by atoms with Gasteiger partial charge < -0.3 is 5.11 Å². The Morgan fingerprint density at radius 1 is 1.23 bits per heavy atom. The third-order valence-electron chi connectivity index (χ3n) is 7.12. The van der Waals surface area contributed by atoms with Crippen LogP contribution < -0.4 is 0 Å². The van der Waals surface area contributed by atoms with Crippen molar-refractivity contribution in [3.8, 4) is 12.3 Å². The lowest BCUT2D eigenvalue weighted by Gasteiger charge is -2.50. The standard InChI is InChI=1S/C20H24O2/c1-3-20(22)11-9-18-17-6-4-13-12-14(21)5-7-15(13)16(17)8-10-19(18,20)2/h1,12,17-18,22H,4-11H2,2H3/t17-,18+,19+,20+/m1/s1. The lowest BCUT2D eigenvalue weighted by molar-refractivity contribution is -0.114. The molecular formula is C20H24O2. The topological polar surface area (TPSA) is 37.3 Å². The molecule has 0 heterocycles. The average molecular weight is 296 g/mol. The van der Waals surface area contributed by atoms with Gasteiger partial charge >= 0.3 is 0 Å². The monoisotopic (exact) mass is 296 g/mol. The van der Waals surface area contributed by atoms with Crippen LogP contribution in [0.2, 0.25) is 0 Å². The summed E-state index contributed by atoms with van der Waals surface area (Å²) in [6.07, 6.45) is 15.1. The summed E-state index contributed by atoms with van der Waals surface area (Å²) in [7, 11) is 0. The van der Waals surface area contributed by atoms with Gasteiger partial charge in [-0.3, -0.25) is 4.79 Å². The Morgan fingerprint density at radius 2 is 2.05 bits per heavy atom. The lowest BCUT2D eigenvalue weighted by Crippen LogP contribution is -2.48. The first-order valence-corrected chi connectivity index (χ1v) is 8.64. The molecule has 2 saturated carbocycles. The van der Waals surface area contributed by atoms with Crippen molar-refractivity contribution in [3.63, 3.8) is 0 Å². The van der Waals surface area contributed by atoms with Crippen molar-refractivity contribution in [2.75, 3.05) is 0 Å². The lowest BCUT2D eigenvalue weighted by atomic mass is 9.55. The van der Waals surface area contributed by atoms with E-state index in [1.807, 2.05) is 6.08 Å². The predicted octanol–water partition coefficient (Wildman–Crippen LogP) is 3.56. The normalized spacial score (nSPS) is 43.9. The van der Waals surface area contributed by atoms with Crippen LogP contribution in [0.3, 0.4) is 0 Å². The van der Waals surface area contributed by atoms with Gasteiger partial charge in [-0.15, -0.1) is 6.42 Å². The van der Waals surface area contributed by atoms with Gasteiger partial charge in [-0.1, -0.05) is 18.4 Å². The average Bonchev–Trinajstić information content (AvgIpc) is 2.79. The second-order valence-corrected chi connectivity index (χ2v) is 7.85. The minimum atomic E-state index is -0.924. The molecule has 22 heavy (non-hydrogen) atoms. The number of carbonyl (C=O) groups excluding carboxylic acids is 1. The van der Waals surface area contributed by atoms with E-state index in [1.54, 1.807) is 5.57 Å². The summed E-state index contributed by atoms with van der Waals surface area (Å²) in [5.74, 6) is 4.09. The van der Waals surface area contributed by atoms with E-state index in [0.29, 0.717) is 24.0 Å². The van der Waals surface area contributed by atoms with Crippen molar-refractivity contribution < 1.29 is 9.90 Å². The van der Waals surface area contributed by atoms with Crippen molar-refractivity contribution in [1.29, 1.82) is 0 Å². The second-order valence-electron chi connectivity index (χ2n) is 7.85. The highest BCUT2D eigenvalue weighted by atomic mass is 16.3. The molecule has 0 amide bonds. The molecule has 0 aromatic heterocycles. The summed E-state index contributed by atoms with van der Waals surface area (Å²) in [5.41, 5.74) is 3.31. The van der Waals surface area contributed by atoms with Crippen LogP contribution in [0.25, 0.3) is 0 Å². The van der Waals surface area contributed by atoms with Crippen LogP contribution >= 0.6 is 0 Å². The molecule has 4 atom stereocenters. The summed E-state index contributed by atoms with van der Waals surface area (Å²) < 4.78 is 0. The van der Waals surface area contributed by atoms with E-state index in [-0.39, 0.29) is 5.41 Å². The number of carbonyl (C=O) groups is 1. The summed E-state index contributed by atoms with van der Waals surface area (Å²) in [6, 6.07) is 0. The van der Waals surface area contributed by atoms with Crippen LogP contribution in [0.1, 0.15) is 58.3 Å². The molecular weight excluding hydrogens is 272 g/mol. The molecule has 1 N–H and O–H groups in total. The van der Waals surface area contributed by atoms with Gasteiger partial charge in [0, 0.05) is 11.8 Å². The molecule has 0 unspecified atom stereocenters. The first kappa shape index (κ1) is 14.3. The Hall–Kier alpha value is -1.33. The molecule has 0 aromatic carbocycles. The van der Waals surface area contributed by atoms with Gasteiger partial charge in [0.25, 0.3) is 0 Å². The smallest absolute Gasteiger partial charge is 0.156 e. The van der Waals surface area contributed by atoms with Crippen molar-refractivity contribution in [2.24, 2.45) is 17.3 Å². The van der Waals surface area contributed by atoms with E-state index in [4.69, 9.17) is 6.42 Å². The molecule has 4 rings (SSSR count). The molecule has 0 radical (unpaired) electrons. The largest absolute Gasteiger partial charge is 0.377 e. The van der Waals surface area contributed by atoms with Crippen molar-refractivity contribution >= 4 is 5.78 Å². The highest BCUT2D eigenvalue weighted by Crippen LogP contribution is 2.63. The first-order chi connectivity index (χ1) is 10.5. The molecule has 116 valence electrons. The molecule has 0 aliphatic heterocycles. The highest BCUT2D eigenvalue weighted by Gasteiger charge is 2.60. The molecule has 4 aliphatic rings. The molecule has 4 aliphatic carbocycles. The van der Waals surface area contributed by atoms with Crippen LogP contribution in [0.4, 0.5) is 0 Å². The van der Waals surface area contributed by atoms with Gasteiger partial charge in [-0.2, -0.15) is 0 Å². The Bertz CT molecular complexity index is 647. The van der Waals surface area contributed by atoms with E-state index in [0.717, 1.165) is 44.9 Å². The van der Waals surface area contributed by atoms with Crippen molar-refractivity contribution in [1.82, 2.24) is 0 Å². The van der Waals surface area contributed by atoms with Gasteiger partial charge in [0.2, 0.25) is 0 Å². The summed E-state index contributed by atoms with van der Waals surface area (Å²) in [4.78, 5) is 11.7. The maximum atomic E-state index is 11.7. The fraction of sp³-hybridized carbons (Fsp3) is 0.650. The summed E-state index contributed by atoms with van der Waals surface area (Å²) in [5, 5.41) is 10.9. The molecule has 0 spiro atoms. The zero-order chi connectivity index (χ0) is 15.5. The first-order valence-electron chi connectivity index (χ1n) is 8.64. The van der Waals surface area contributed by atoms with Crippen LogP contribution in [0, 0.1) is 29.6 Å². The zero-order valence-corrected chi connectivity index (χ0v) is 13.3. The van der Waals surface area contributed by atoms with Crippen LogP contribution in [-0.4, -0.2) is 16.5 Å². The van der Waals surface area contributed by atoms with Crippen molar-refractivity contribution in [2.45, 2.75) is 63.9 Å². The van der Waals surface area contributed by atoms with Gasteiger partial charge in [0.1, 0.15) is 5.60 Å². The Balaban J connectivity index is 1.75. The van der Waals surface area contributed by atoms with E-state index in [9.17, 15) is 9.90 Å². The zero-order valence-electron chi connectivity index (χ0n) is 13.3. The Kier molecular flexibility index (Phi) is 2.97. The third kappa shape index (κ3) is 1.69. The fourth-order valence-electron chi connectivity index (χ4n) is 5.79. The summed E-state index contributed by atoms with van der Waals surface area (Å²) >= 11 is 0. The maximum absolute atomic E-state index is 11.7. The minimum Gasteiger partial charge on any atom is -0.377 e. The van der Waals surface area contributed by atoms with Crippen LogP contribution in [0.5, 0.6) is 0 Å². The van der Waals surface area contributed by atoms with E-state index in [2.05, 4.69) is 12.8 Å². The third-order valence-corrected chi connectivity index (χ3v) is 7.12. The number of aliphatic hydroxyl groups is 1. The van der Waals surface area contributed by atoms with E-state index in [1.165, 1.54) is 11.1 Å². The number of hydrogen-bond acceptors (Lipinski definition) is 2. The quantitative estimate of drug-likeness (QED) is 0.694. The fourth-order valence-corrected chi connectivity index (χ4v) is 5.79. The van der Waals surface area contributed by atoms with Crippen LogP contribution in [0.15, 0.2) is 22.8 Å². The Labute approximate surface area is 132 Å². The second kappa shape index (κ2) is 4.59. The predicted molar refractivity (Wildman–Crippen MR) is 85.9 cm³/mol. The number of hydrogen-bond donors (Lipinski definition) is 1. The summed E-state index contributed by atoms with van der Waals surface area (Å²) in [6.45, 7) is 2.21. The highest BCUT2D eigenvalue weighted by molar-refractivity contribution is 5.93. The SMILES string of the molecule is C#C[C@]1(O)CC[C@H]2[C@@H]3CCC4=CC(=O)CCC4=C3CC[C@@]21C. The number of fused-ring (bicyclic) bond motifs is 4. The van der Waals surface area contributed by atoms with Gasteiger partial charge in [0.05, 0.1) is 0 Å². The molecule has 2 heteroatoms. The maximum Gasteiger partial charge on any atom is 0.156 e. The Morgan fingerprint density at radius 3 is 2.82 bits per heavy atom. The minimum absolute atomic E-state index is 0.137.